The van der Waals surface area contributed by atoms with Crippen LogP contribution in [0.25, 0.3) is 17.4 Å². The molecule has 0 unspecified atom stereocenters. The number of furan rings is 1. The number of aryl methyl sites for hydroxylation is 1. The molecule has 0 N–H and O–H groups in total. The molecule has 1 saturated heterocycles. The summed E-state index contributed by atoms with van der Waals surface area (Å²) < 4.78 is 5.75. The van der Waals surface area contributed by atoms with Gasteiger partial charge in [0.05, 0.1) is 11.4 Å². The van der Waals surface area contributed by atoms with E-state index in [1.165, 1.54) is 13.0 Å². The van der Waals surface area contributed by atoms with Gasteiger partial charge in [0.1, 0.15) is 17.3 Å². The topological polar surface area (TPSA) is 67.6 Å². The van der Waals surface area contributed by atoms with E-state index in [4.69, 9.17) is 4.42 Å². The highest BCUT2D eigenvalue weighted by Crippen LogP contribution is 2.33. The molecule has 0 bridgehead atoms. The molecule has 5 nitrogen and oxygen atoms in total. The molecule has 2 aromatic rings. The summed E-state index contributed by atoms with van der Waals surface area (Å²) in [5, 5.41) is -0.438. The monoisotopic (exact) mass is 341 g/mol. The van der Waals surface area contributed by atoms with Crippen LogP contribution in [0.2, 0.25) is 0 Å². The Bertz CT molecular complexity index is 865. The van der Waals surface area contributed by atoms with Crippen molar-refractivity contribution in [2.24, 2.45) is 0 Å². The van der Waals surface area contributed by atoms with Gasteiger partial charge in [-0.05, 0) is 43.8 Å². The van der Waals surface area contributed by atoms with Crippen LogP contribution in [0.1, 0.15) is 18.2 Å². The molecular formula is C18H15NO4S. The molecule has 1 aliphatic heterocycles. The Morgan fingerprint density at radius 1 is 1.25 bits per heavy atom. The molecule has 0 radical (unpaired) electrons. The minimum atomic E-state index is -0.464. The van der Waals surface area contributed by atoms with Gasteiger partial charge in [0.25, 0.3) is 11.1 Å². The van der Waals surface area contributed by atoms with Crippen molar-refractivity contribution >= 4 is 34.8 Å². The first-order valence-corrected chi connectivity index (χ1v) is 8.17. The summed E-state index contributed by atoms with van der Waals surface area (Å²) in [5.74, 6) is 0.472. The number of amides is 2. The van der Waals surface area contributed by atoms with Crippen molar-refractivity contribution < 1.29 is 18.8 Å². The lowest BCUT2D eigenvalue weighted by Gasteiger charge is -2.08. The molecule has 6 heteroatoms. The molecule has 0 saturated carbocycles. The summed E-state index contributed by atoms with van der Waals surface area (Å²) in [5.41, 5.74) is 2.06. The second kappa shape index (κ2) is 6.49. The van der Waals surface area contributed by atoms with Crippen LogP contribution in [0, 0.1) is 6.92 Å². The van der Waals surface area contributed by atoms with Crippen molar-refractivity contribution in [3.8, 4) is 11.3 Å². The zero-order valence-corrected chi connectivity index (χ0v) is 14.1. The summed E-state index contributed by atoms with van der Waals surface area (Å²) in [6.45, 7) is 3.14. The van der Waals surface area contributed by atoms with Crippen molar-refractivity contribution in [1.29, 1.82) is 0 Å². The highest BCUT2D eigenvalue weighted by Gasteiger charge is 2.35. The van der Waals surface area contributed by atoms with Crippen LogP contribution in [0.15, 0.2) is 45.7 Å². The molecule has 1 aromatic heterocycles. The lowest BCUT2D eigenvalue weighted by molar-refractivity contribution is -0.127. The molecule has 2 heterocycles. The third-order valence-corrected chi connectivity index (χ3v) is 4.36. The average molecular weight is 341 g/mol. The molecule has 0 atom stereocenters. The summed E-state index contributed by atoms with van der Waals surface area (Å²) in [6, 6.07) is 11.5. The number of benzene rings is 1. The first-order valence-electron chi connectivity index (χ1n) is 7.36. The maximum Gasteiger partial charge on any atom is 0.293 e. The van der Waals surface area contributed by atoms with Crippen LogP contribution >= 0.6 is 11.8 Å². The molecule has 0 aliphatic carbocycles. The molecule has 122 valence electrons. The zero-order valence-electron chi connectivity index (χ0n) is 13.2. The van der Waals surface area contributed by atoms with Crippen LogP contribution in [0.3, 0.4) is 0 Å². The maximum atomic E-state index is 12.2. The van der Waals surface area contributed by atoms with Crippen LogP contribution in [0.4, 0.5) is 4.79 Å². The van der Waals surface area contributed by atoms with Crippen molar-refractivity contribution in [2.45, 2.75) is 13.8 Å². The van der Waals surface area contributed by atoms with Gasteiger partial charge in [0.2, 0.25) is 0 Å². The predicted molar refractivity (Wildman–Crippen MR) is 92.2 cm³/mol. The largest absolute Gasteiger partial charge is 0.457 e. The van der Waals surface area contributed by atoms with E-state index in [9.17, 15) is 14.4 Å². The summed E-state index contributed by atoms with van der Waals surface area (Å²) in [7, 11) is 0. The molecule has 3 rings (SSSR count). The molecule has 2 amide bonds. The van der Waals surface area contributed by atoms with Crippen LogP contribution in [0.5, 0.6) is 0 Å². The van der Waals surface area contributed by atoms with Crippen molar-refractivity contribution in [3.63, 3.8) is 0 Å². The molecule has 1 fully saturated rings. The van der Waals surface area contributed by atoms with E-state index in [-0.39, 0.29) is 17.2 Å². The fourth-order valence-electron chi connectivity index (χ4n) is 2.37. The second-order valence-corrected chi connectivity index (χ2v) is 6.53. The number of hydrogen-bond acceptors (Lipinski definition) is 5. The third kappa shape index (κ3) is 3.33. The van der Waals surface area contributed by atoms with Crippen molar-refractivity contribution in [1.82, 2.24) is 4.90 Å². The Labute approximate surface area is 143 Å². The van der Waals surface area contributed by atoms with Gasteiger partial charge < -0.3 is 4.42 Å². The van der Waals surface area contributed by atoms with E-state index < -0.39 is 11.1 Å². The van der Waals surface area contributed by atoms with Gasteiger partial charge in [-0.3, -0.25) is 19.3 Å². The normalized spacial score (nSPS) is 16.2. The molecule has 0 spiro atoms. The number of rotatable bonds is 4. The Balaban J connectivity index is 1.84. The van der Waals surface area contributed by atoms with E-state index >= 15 is 0 Å². The van der Waals surface area contributed by atoms with E-state index in [0.717, 1.165) is 27.8 Å². The van der Waals surface area contributed by atoms with Crippen LogP contribution in [-0.2, 0) is 9.59 Å². The number of hydrogen-bond donors (Lipinski definition) is 0. The van der Waals surface area contributed by atoms with Crippen LogP contribution < -0.4 is 0 Å². The first-order chi connectivity index (χ1) is 11.4. The van der Waals surface area contributed by atoms with Crippen LogP contribution in [-0.4, -0.2) is 28.4 Å². The average Bonchev–Trinajstić information content (AvgIpc) is 3.08. The first kappa shape index (κ1) is 16.3. The number of imide groups is 1. The molecule has 1 aliphatic rings. The SMILES string of the molecule is CC(=O)CN1C(=O)S/C(=C\c2ccc(-c3cccc(C)c3)o2)C1=O. The van der Waals surface area contributed by atoms with E-state index in [2.05, 4.69) is 0 Å². The fraction of sp³-hybridized carbons (Fsp3) is 0.167. The summed E-state index contributed by atoms with van der Waals surface area (Å²) in [6.07, 6.45) is 1.53. The quantitative estimate of drug-likeness (QED) is 0.790. The van der Waals surface area contributed by atoms with Gasteiger partial charge in [0.15, 0.2) is 0 Å². The van der Waals surface area contributed by atoms with Crippen molar-refractivity contribution in [2.75, 3.05) is 6.54 Å². The number of thioether (sulfide) groups is 1. The highest BCUT2D eigenvalue weighted by molar-refractivity contribution is 8.18. The van der Waals surface area contributed by atoms with E-state index in [1.54, 1.807) is 6.07 Å². The molecule has 1 aromatic carbocycles. The van der Waals surface area contributed by atoms with E-state index in [1.807, 2.05) is 37.3 Å². The molecular weight excluding hydrogens is 326 g/mol. The Morgan fingerprint density at radius 3 is 2.75 bits per heavy atom. The fourth-order valence-corrected chi connectivity index (χ4v) is 3.19. The van der Waals surface area contributed by atoms with Crippen molar-refractivity contribution in [3.05, 3.63) is 52.6 Å². The summed E-state index contributed by atoms with van der Waals surface area (Å²) in [4.78, 5) is 36.4. The Hall–Kier alpha value is -2.60. The number of carbonyl (C=O) groups excluding carboxylic acids is 3. The smallest absolute Gasteiger partial charge is 0.293 e. The minimum Gasteiger partial charge on any atom is -0.457 e. The second-order valence-electron chi connectivity index (χ2n) is 5.54. The number of ketones is 1. The number of Topliss-reactive ketones (excluding diaryl/α,β-unsaturated/α-hetero) is 1. The summed E-state index contributed by atoms with van der Waals surface area (Å²) >= 11 is 0.812. The number of nitrogens with zero attached hydrogens (tertiary/aromatic N) is 1. The van der Waals surface area contributed by atoms with Gasteiger partial charge in [-0.25, -0.2) is 0 Å². The lowest BCUT2D eigenvalue weighted by Crippen LogP contribution is -2.32. The molecule has 24 heavy (non-hydrogen) atoms. The lowest BCUT2D eigenvalue weighted by atomic mass is 10.1. The number of carbonyl (C=O) groups is 3. The van der Waals surface area contributed by atoms with Gasteiger partial charge in [0, 0.05) is 11.6 Å². The van der Waals surface area contributed by atoms with Gasteiger partial charge >= 0.3 is 0 Å². The Kier molecular flexibility index (Phi) is 4.40. The highest BCUT2D eigenvalue weighted by atomic mass is 32.2. The van der Waals surface area contributed by atoms with Gasteiger partial charge in [-0.1, -0.05) is 23.8 Å². The van der Waals surface area contributed by atoms with Gasteiger partial charge in [-0.2, -0.15) is 0 Å². The third-order valence-electron chi connectivity index (χ3n) is 3.46. The standard InChI is InChI=1S/C18H15NO4S/c1-11-4-3-5-13(8-11)15-7-6-14(23-15)9-16-17(21)19(10-12(2)20)18(22)24-16/h3-9H,10H2,1-2H3/b16-9-. The predicted octanol–water partition coefficient (Wildman–Crippen LogP) is 3.88. The maximum absolute atomic E-state index is 12.2. The van der Waals surface area contributed by atoms with E-state index in [0.29, 0.717) is 11.5 Å². The minimum absolute atomic E-state index is 0.200. The zero-order chi connectivity index (χ0) is 17.3. The Morgan fingerprint density at radius 2 is 2.04 bits per heavy atom. The van der Waals surface area contributed by atoms with Gasteiger partial charge in [-0.15, -0.1) is 0 Å².